The van der Waals surface area contributed by atoms with Crippen LogP contribution in [0.4, 0.5) is 5.82 Å². The number of H-pyrrole nitrogens is 1. The van der Waals surface area contributed by atoms with Gasteiger partial charge in [0.25, 0.3) is 5.91 Å². The second kappa shape index (κ2) is 4.02. The third kappa shape index (κ3) is 2.41. The fourth-order valence-electron chi connectivity index (χ4n) is 1.88. The van der Waals surface area contributed by atoms with E-state index in [0.717, 1.165) is 0 Å². The topological polar surface area (TPSA) is 109 Å². The van der Waals surface area contributed by atoms with Crippen LogP contribution in [0.25, 0.3) is 0 Å². The summed E-state index contributed by atoms with van der Waals surface area (Å²) < 4.78 is 22.7. The number of anilines is 1. The van der Waals surface area contributed by atoms with Crippen LogP contribution in [0.5, 0.6) is 0 Å². The van der Waals surface area contributed by atoms with Crippen LogP contribution in [0.15, 0.2) is 6.07 Å². The molecule has 0 aromatic carbocycles. The van der Waals surface area contributed by atoms with Crippen LogP contribution in [0.2, 0.25) is 0 Å². The van der Waals surface area contributed by atoms with Gasteiger partial charge >= 0.3 is 0 Å². The van der Waals surface area contributed by atoms with Crippen molar-refractivity contribution >= 4 is 21.6 Å². The second-order valence-corrected chi connectivity index (χ2v) is 6.41. The fraction of sp³-hybridized carbons (Fsp3) is 0.556. The quantitative estimate of drug-likeness (QED) is 0.725. The molecule has 17 heavy (non-hydrogen) atoms. The molecule has 1 aliphatic heterocycles. The fourth-order valence-corrected chi connectivity index (χ4v) is 3.66. The predicted molar refractivity (Wildman–Crippen MR) is 62.2 cm³/mol. The van der Waals surface area contributed by atoms with Gasteiger partial charge in [0.05, 0.1) is 11.5 Å². The van der Waals surface area contributed by atoms with Crippen molar-refractivity contribution in [2.45, 2.75) is 12.5 Å². The van der Waals surface area contributed by atoms with Gasteiger partial charge in [-0.05, 0) is 6.42 Å². The zero-order valence-electron chi connectivity index (χ0n) is 9.38. The highest BCUT2D eigenvalue weighted by Crippen LogP contribution is 2.18. The zero-order valence-corrected chi connectivity index (χ0v) is 10.2. The van der Waals surface area contributed by atoms with E-state index in [9.17, 15) is 13.2 Å². The van der Waals surface area contributed by atoms with Crippen molar-refractivity contribution in [1.82, 2.24) is 15.1 Å². The number of sulfone groups is 1. The minimum Gasteiger partial charge on any atom is -0.382 e. The Morgan fingerprint density at radius 1 is 1.65 bits per heavy atom. The third-order valence-electron chi connectivity index (χ3n) is 2.90. The first-order valence-electron chi connectivity index (χ1n) is 5.17. The van der Waals surface area contributed by atoms with E-state index < -0.39 is 9.84 Å². The van der Waals surface area contributed by atoms with Crippen LogP contribution in [-0.4, -0.2) is 54.0 Å². The van der Waals surface area contributed by atoms with Crippen LogP contribution in [0, 0.1) is 0 Å². The number of hydrogen-bond donors (Lipinski definition) is 2. The van der Waals surface area contributed by atoms with E-state index in [2.05, 4.69) is 10.2 Å². The number of carbonyl (C=O) groups excluding carboxylic acids is 1. The Morgan fingerprint density at radius 2 is 2.35 bits per heavy atom. The zero-order chi connectivity index (χ0) is 12.6. The summed E-state index contributed by atoms with van der Waals surface area (Å²) in [7, 11) is -1.41. The number of rotatable bonds is 2. The maximum Gasteiger partial charge on any atom is 0.271 e. The van der Waals surface area contributed by atoms with Crippen molar-refractivity contribution in [2.24, 2.45) is 0 Å². The van der Waals surface area contributed by atoms with Crippen LogP contribution in [0.1, 0.15) is 16.9 Å². The molecular weight excluding hydrogens is 244 g/mol. The summed E-state index contributed by atoms with van der Waals surface area (Å²) >= 11 is 0. The molecule has 2 rings (SSSR count). The predicted octanol–water partition coefficient (Wildman–Crippen LogP) is -0.749. The van der Waals surface area contributed by atoms with Crippen LogP contribution >= 0.6 is 0 Å². The van der Waals surface area contributed by atoms with Crippen LogP contribution in [0.3, 0.4) is 0 Å². The van der Waals surface area contributed by atoms with Crippen molar-refractivity contribution in [1.29, 1.82) is 0 Å². The minimum absolute atomic E-state index is 0.0266. The Hall–Kier alpha value is -1.57. The molecule has 2 heterocycles. The summed E-state index contributed by atoms with van der Waals surface area (Å²) in [6.07, 6.45) is 0.480. The van der Waals surface area contributed by atoms with Gasteiger partial charge in [-0.15, -0.1) is 0 Å². The van der Waals surface area contributed by atoms with E-state index in [1.165, 1.54) is 11.0 Å². The Morgan fingerprint density at radius 3 is 2.82 bits per heavy atom. The van der Waals surface area contributed by atoms with E-state index >= 15 is 0 Å². The lowest BCUT2D eigenvalue weighted by Gasteiger charge is -2.22. The average molecular weight is 258 g/mol. The number of nitrogens with two attached hydrogens (primary N) is 1. The van der Waals surface area contributed by atoms with Crippen molar-refractivity contribution < 1.29 is 13.2 Å². The van der Waals surface area contributed by atoms with E-state index in [0.29, 0.717) is 6.42 Å². The smallest absolute Gasteiger partial charge is 0.271 e. The lowest BCUT2D eigenvalue weighted by Crippen LogP contribution is -2.38. The monoisotopic (exact) mass is 258 g/mol. The van der Waals surface area contributed by atoms with E-state index in [4.69, 9.17) is 5.73 Å². The van der Waals surface area contributed by atoms with Crippen molar-refractivity contribution in [3.63, 3.8) is 0 Å². The first-order valence-corrected chi connectivity index (χ1v) is 6.99. The van der Waals surface area contributed by atoms with Gasteiger partial charge in [0.2, 0.25) is 0 Å². The third-order valence-corrected chi connectivity index (χ3v) is 4.65. The summed E-state index contributed by atoms with van der Waals surface area (Å²) in [6, 6.07) is 1.17. The molecular formula is C9H14N4O3S. The van der Waals surface area contributed by atoms with E-state index in [1.807, 2.05) is 0 Å². The molecule has 1 saturated heterocycles. The molecule has 1 aliphatic rings. The molecule has 1 amide bonds. The number of nitrogens with one attached hydrogen (secondary N) is 1. The van der Waals surface area contributed by atoms with Gasteiger partial charge in [0, 0.05) is 19.2 Å². The number of nitrogens with zero attached hydrogens (tertiary/aromatic N) is 2. The summed E-state index contributed by atoms with van der Waals surface area (Å²) in [5.41, 5.74) is 5.68. The SMILES string of the molecule is CN(C(=O)c1cc(N)n[nH]1)C1CCS(=O)(=O)C1. The molecule has 1 atom stereocenters. The number of aromatic nitrogens is 2. The maximum atomic E-state index is 12.0. The van der Waals surface area contributed by atoms with Crippen LogP contribution in [-0.2, 0) is 9.84 Å². The summed E-state index contributed by atoms with van der Waals surface area (Å²) in [6.45, 7) is 0. The summed E-state index contributed by atoms with van der Waals surface area (Å²) in [5, 5.41) is 6.18. The van der Waals surface area contributed by atoms with Crippen molar-refractivity contribution in [3.8, 4) is 0 Å². The van der Waals surface area contributed by atoms with E-state index in [1.54, 1.807) is 7.05 Å². The van der Waals surface area contributed by atoms with Crippen molar-refractivity contribution in [2.75, 3.05) is 24.3 Å². The maximum absolute atomic E-state index is 12.0. The Balaban J connectivity index is 2.11. The normalized spacial score (nSPS) is 22.5. The first kappa shape index (κ1) is 11.9. The Bertz CT molecular complexity index is 536. The highest BCUT2D eigenvalue weighted by molar-refractivity contribution is 7.91. The van der Waals surface area contributed by atoms with Gasteiger partial charge in [-0.2, -0.15) is 5.10 Å². The molecule has 3 N–H and O–H groups in total. The van der Waals surface area contributed by atoms with Gasteiger partial charge in [0.1, 0.15) is 11.5 Å². The van der Waals surface area contributed by atoms with Gasteiger partial charge in [-0.1, -0.05) is 0 Å². The molecule has 1 fully saturated rings. The van der Waals surface area contributed by atoms with Crippen molar-refractivity contribution in [3.05, 3.63) is 11.8 Å². The molecule has 0 aliphatic carbocycles. The standard InChI is InChI=1S/C9H14N4O3S/c1-13(6-2-3-17(15,16)5-6)9(14)7-4-8(10)12-11-7/h4,6H,2-3,5H2,1H3,(H3,10,11,12). The average Bonchev–Trinajstić information content (AvgIpc) is 2.82. The molecule has 1 aromatic heterocycles. The minimum atomic E-state index is -3.00. The number of aromatic amines is 1. The molecule has 8 heteroatoms. The van der Waals surface area contributed by atoms with Gasteiger partial charge in [-0.25, -0.2) is 8.42 Å². The first-order chi connectivity index (χ1) is 7.89. The van der Waals surface area contributed by atoms with Gasteiger partial charge < -0.3 is 10.6 Å². The Labute approximate surface area is 98.9 Å². The second-order valence-electron chi connectivity index (χ2n) is 4.18. The molecule has 1 aromatic rings. The number of amides is 1. The highest BCUT2D eigenvalue weighted by Gasteiger charge is 2.33. The van der Waals surface area contributed by atoms with E-state index in [-0.39, 0.29) is 35.0 Å². The van der Waals surface area contributed by atoms with Gasteiger partial charge in [0.15, 0.2) is 9.84 Å². The van der Waals surface area contributed by atoms with Gasteiger partial charge in [-0.3, -0.25) is 9.89 Å². The lowest BCUT2D eigenvalue weighted by molar-refractivity contribution is 0.0741. The number of carbonyl (C=O) groups is 1. The highest BCUT2D eigenvalue weighted by atomic mass is 32.2. The molecule has 7 nitrogen and oxygen atoms in total. The summed E-state index contributed by atoms with van der Waals surface area (Å²) in [4.78, 5) is 13.4. The molecule has 1 unspecified atom stereocenters. The largest absolute Gasteiger partial charge is 0.382 e. The van der Waals surface area contributed by atoms with Crippen LogP contribution < -0.4 is 5.73 Å². The molecule has 0 saturated carbocycles. The molecule has 0 bridgehead atoms. The molecule has 94 valence electrons. The number of hydrogen-bond acceptors (Lipinski definition) is 5. The lowest BCUT2D eigenvalue weighted by atomic mass is 10.2. The molecule has 0 spiro atoms. The molecule has 0 radical (unpaired) electrons. The summed E-state index contributed by atoms with van der Waals surface area (Å²) in [5.74, 6) is 0.108. The number of nitrogen functional groups attached to an aromatic ring is 1. The Kier molecular flexibility index (Phi) is 2.82.